The lowest BCUT2D eigenvalue weighted by molar-refractivity contribution is -0.137. The minimum atomic E-state index is -0.724. The van der Waals surface area contributed by atoms with E-state index in [1.165, 1.54) is 0 Å². The van der Waals surface area contributed by atoms with Crippen LogP contribution >= 0.6 is 0 Å². The van der Waals surface area contributed by atoms with Crippen molar-refractivity contribution in [3.63, 3.8) is 0 Å². The summed E-state index contributed by atoms with van der Waals surface area (Å²) in [6.07, 6.45) is 0.287. The van der Waals surface area contributed by atoms with E-state index in [0.717, 1.165) is 11.6 Å². The van der Waals surface area contributed by atoms with Gasteiger partial charge in [-0.25, -0.2) is 9.59 Å². The molecule has 0 saturated carbocycles. The van der Waals surface area contributed by atoms with E-state index >= 15 is 0 Å². The van der Waals surface area contributed by atoms with E-state index < -0.39 is 12.1 Å². The van der Waals surface area contributed by atoms with Crippen molar-refractivity contribution in [2.24, 2.45) is 0 Å². The Morgan fingerprint density at radius 2 is 1.72 bits per heavy atom. The van der Waals surface area contributed by atoms with E-state index in [9.17, 15) is 19.2 Å². The van der Waals surface area contributed by atoms with E-state index in [4.69, 9.17) is 4.74 Å². The fraction of sp³-hybridized carbons (Fsp3) is 0.333. The van der Waals surface area contributed by atoms with Gasteiger partial charge in [0.1, 0.15) is 24.8 Å². The molecule has 25 heavy (non-hydrogen) atoms. The van der Waals surface area contributed by atoms with Crippen molar-refractivity contribution in [1.29, 1.82) is 0 Å². The summed E-state index contributed by atoms with van der Waals surface area (Å²) < 4.78 is 9.46. The van der Waals surface area contributed by atoms with Crippen molar-refractivity contribution >= 4 is 23.6 Å². The third-order valence-corrected chi connectivity index (χ3v) is 3.03. The largest absolute Gasteiger partial charge is 0.461 e. The van der Waals surface area contributed by atoms with Crippen molar-refractivity contribution in [2.75, 3.05) is 19.8 Å². The van der Waals surface area contributed by atoms with Crippen molar-refractivity contribution in [3.8, 4) is 0 Å². The molecule has 1 N–H and O–H groups in total. The van der Waals surface area contributed by atoms with Gasteiger partial charge in [0.2, 0.25) is 0 Å². The Morgan fingerprint density at radius 3 is 2.40 bits per heavy atom. The number of hydrogen-bond acceptors (Lipinski definition) is 6. The molecule has 1 rings (SSSR count). The first-order chi connectivity index (χ1) is 12.0. The Bertz CT molecular complexity index is 611. The molecule has 0 atom stereocenters. The highest BCUT2D eigenvalue weighted by atomic mass is 16.6. The second-order valence-electron chi connectivity index (χ2n) is 5.10. The second-order valence-corrected chi connectivity index (χ2v) is 5.10. The highest BCUT2D eigenvalue weighted by Gasteiger charge is 2.11. The number of alkyl carbamates (subject to hydrolysis) is 1. The quantitative estimate of drug-likeness (QED) is 0.283. The van der Waals surface area contributed by atoms with Crippen LogP contribution in [0.4, 0.5) is 4.79 Å². The number of ketones is 2. The Hall–Kier alpha value is -2.96. The topological polar surface area (TPSA) is 98.8 Å². The maximum absolute atomic E-state index is 11.8. The summed E-state index contributed by atoms with van der Waals surface area (Å²) in [6, 6.07) is 9.15. The number of nitrogens with one attached hydrogen (secondary N) is 1. The van der Waals surface area contributed by atoms with Crippen LogP contribution in [-0.4, -0.2) is 43.4 Å². The molecule has 0 aliphatic heterocycles. The lowest BCUT2D eigenvalue weighted by Gasteiger charge is -2.07. The zero-order chi connectivity index (χ0) is 18.5. The highest BCUT2D eigenvalue weighted by molar-refractivity contribution is 5.99. The standard InChI is InChI=1S/C18H21NO6/c1-2-17(22)24-11-9-19-18(23)25-10-8-15(20)13-16(21)12-14-6-4-3-5-7-14/h2-7H,1,8-13H2,(H,19,23). The molecule has 0 spiro atoms. The predicted octanol–water partition coefficient (Wildman–Crippen LogP) is 1.60. The molecule has 0 radical (unpaired) electrons. The van der Waals surface area contributed by atoms with Gasteiger partial charge in [-0.05, 0) is 5.56 Å². The molecular formula is C18H21NO6. The summed E-state index contributed by atoms with van der Waals surface area (Å²) in [7, 11) is 0. The molecule has 0 saturated heterocycles. The average molecular weight is 347 g/mol. The van der Waals surface area contributed by atoms with Crippen LogP contribution in [0.25, 0.3) is 0 Å². The lowest BCUT2D eigenvalue weighted by Crippen LogP contribution is -2.29. The first kappa shape index (κ1) is 20.1. The van der Waals surface area contributed by atoms with Gasteiger partial charge < -0.3 is 14.8 Å². The van der Waals surface area contributed by atoms with Crippen LogP contribution in [0, 0.1) is 0 Å². The van der Waals surface area contributed by atoms with E-state index in [1.807, 2.05) is 30.3 Å². The maximum Gasteiger partial charge on any atom is 0.407 e. The van der Waals surface area contributed by atoms with Gasteiger partial charge in [-0.2, -0.15) is 0 Å². The Balaban J connectivity index is 2.11. The number of amides is 1. The molecule has 0 unspecified atom stereocenters. The van der Waals surface area contributed by atoms with Gasteiger partial charge in [0.05, 0.1) is 13.0 Å². The Labute approximate surface area is 146 Å². The average Bonchev–Trinajstić information content (AvgIpc) is 2.59. The number of benzene rings is 1. The van der Waals surface area contributed by atoms with E-state index in [0.29, 0.717) is 0 Å². The van der Waals surface area contributed by atoms with Gasteiger partial charge in [-0.1, -0.05) is 36.9 Å². The number of carbonyl (C=O) groups is 4. The van der Waals surface area contributed by atoms with Gasteiger partial charge >= 0.3 is 12.1 Å². The van der Waals surface area contributed by atoms with Crippen molar-refractivity contribution in [3.05, 3.63) is 48.6 Å². The summed E-state index contributed by atoms with van der Waals surface area (Å²) in [6.45, 7) is 3.20. The number of rotatable bonds is 11. The first-order valence-corrected chi connectivity index (χ1v) is 7.78. The van der Waals surface area contributed by atoms with Gasteiger partial charge in [-0.15, -0.1) is 0 Å². The van der Waals surface area contributed by atoms with Crippen LogP contribution in [-0.2, 0) is 30.3 Å². The first-order valence-electron chi connectivity index (χ1n) is 7.78. The Kier molecular flexibility index (Phi) is 9.28. The second kappa shape index (κ2) is 11.6. The molecule has 0 aliphatic carbocycles. The molecule has 1 amide bonds. The van der Waals surface area contributed by atoms with Crippen LogP contribution in [0.15, 0.2) is 43.0 Å². The monoisotopic (exact) mass is 347 g/mol. The Morgan fingerprint density at radius 1 is 1.00 bits per heavy atom. The summed E-state index contributed by atoms with van der Waals surface area (Å²) in [5.74, 6) is -1.04. The highest BCUT2D eigenvalue weighted by Crippen LogP contribution is 2.03. The number of Topliss-reactive ketones (excluding diaryl/α,β-unsaturated/α-hetero) is 2. The molecule has 0 bridgehead atoms. The molecule has 0 fully saturated rings. The predicted molar refractivity (Wildman–Crippen MR) is 89.9 cm³/mol. The molecule has 134 valence electrons. The number of ether oxygens (including phenoxy) is 2. The van der Waals surface area contributed by atoms with Gasteiger partial charge in [0.25, 0.3) is 0 Å². The summed E-state index contributed by atoms with van der Waals surface area (Å²) >= 11 is 0. The van der Waals surface area contributed by atoms with Crippen molar-refractivity contribution < 1.29 is 28.7 Å². The minimum Gasteiger partial charge on any atom is -0.461 e. The summed E-state index contributed by atoms with van der Waals surface area (Å²) in [5, 5.41) is 2.36. The smallest absolute Gasteiger partial charge is 0.407 e. The van der Waals surface area contributed by atoms with E-state index in [-0.39, 0.29) is 50.6 Å². The number of hydrogen-bond donors (Lipinski definition) is 1. The maximum atomic E-state index is 11.8. The molecule has 0 heterocycles. The summed E-state index contributed by atoms with van der Waals surface area (Å²) in [4.78, 5) is 45.6. The van der Waals surface area contributed by atoms with E-state index in [2.05, 4.69) is 16.6 Å². The molecule has 0 aromatic heterocycles. The molecule has 7 heteroatoms. The van der Waals surface area contributed by atoms with E-state index in [1.54, 1.807) is 0 Å². The SMILES string of the molecule is C=CC(=O)OCCNC(=O)OCCC(=O)CC(=O)Cc1ccccc1. The molecular weight excluding hydrogens is 326 g/mol. The third kappa shape index (κ3) is 9.70. The zero-order valence-corrected chi connectivity index (χ0v) is 13.9. The van der Waals surface area contributed by atoms with Crippen LogP contribution in [0.3, 0.4) is 0 Å². The molecule has 1 aromatic carbocycles. The lowest BCUT2D eigenvalue weighted by atomic mass is 10.0. The summed E-state index contributed by atoms with van der Waals surface area (Å²) in [5.41, 5.74) is 0.855. The van der Waals surface area contributed by atoms with Crippen molar-refractivity contribution in [1.82, 2.24) is 5.32 Å². The zero-order valence-electron chi connectivity index (χ0n) is 13.9. The molecule has 1 aromatic rings. The van der Waals surface area contributed by atoms with Crippen LogP contribution in [0.5, 0.6) is 0 Å². The number of carbonyl (C=O) groups excluding carboxylic acids is 4. The van der Waals surface area contributed by atoms with Gasteiger partial charge in [0, 0.05) is 18.9 Å². The van der Waals surface area contributed by atoms with Crippen LogP contribution in [0.2, 0.25) is 0 Å². The fourth-order valence-electron chi connectivity index (χ4n) is 1.87. The van der Waals surface area contributed by atoms with Gasteiger partial charge in [-0.3, -0.25) is 9.59 Å². The third-order valence-electron chi connectivity index (χ3n) is 3.03. The fourth-order valence-corrected chi connectivity index (χ4v) is 1.87. The van der Waals surface area contributed by atoms with Gasteiger partial charge in [0.15, 0.2) is 0 Å². The van der Waals surface area contributed by atoms with Crippen molar-refractivity contribution in [2.45, 2.75) is 19.3 Å². The van der Waals surface area contributed by atoms with Crippen LogP contribution < -0.4 is 5.32 Å². The minimum absolute atomic E-state index is 0.00707. The normalized spacial score (nSPS) is 9.76. The van der Waals surface area contributed by atoms with Crippen LogP contribution in [0.1, 0.15) is 18.4 Å². The molecule has 0 aliphatic rings. The molecule has 7 nitrogen and oxygen atoms in total. The number of esters is 1.